The van der Waals surface area contributed by atoms with Crippen LogP contribution in [-0.2, 0) is 0 Å². The highest BCUT2D eigenvalue weighted by Crippen LogP contribution is 2.28. The number of nitro groups is 1. The van der Waals surface area contributed by atoms with Gasteiger partial charge in [0.15, 0.2) is 0 Å². The smallest absolute Gasteiger partial charge is 0.271 e. The summed E-state index contributed by atoms with van der Waals surface area (Å²) in [6.07, 6.45) is 0. The molecule has 0 aliphatic heterocycles. The minimum absolute atomic E-state index is 0.0102. The summed E-state index contributed by atoms with van der Waals surface area (Å²) >= 11 is 0. The first-order chi connectivity index (χ1) is 8.97. The summed E-state index contributed by atoms with van der Waals surface area (Å²) in [5, 5.41) is 13.9. The van der Waals surface area contributed by atoms with E-state index in [1.807, 2.05) is 32.0 Å². The van der Waals surface area contributed by atoms with Crippen molar-refractivity contribution < 1.29 is 4.92 Å². The van der Waals surface area contributed by atoms with Crippen LogP contribution in [0.3, 0.4) is 0 Å². The number of hydrogen-bond donors (Lipinski definition) is 2. The van der Waals surface area contributed by atoms with Gasteiger partial charge in [0.2, 0.25) is 0 Å². The second kappa shape index (κ2) is 4.97. The van der Waals surface area contributed by atoms with Gasteiger partial charge in [-0.3, -0.25) is 10.1 Å². The van der Waals surface area contributed by atoms with Crippen LogP contribution in [0.4, 0.5) is 22.7 Å². The van der Waals surface area contributed by atoms with Crippen molar-refractivity contribution in [2.24, 2.45) is 0 Å². The van der Waals surface area contributed by atoms with Crippen molar-refractivity contribution in [3.05, 3.63) is 57.6 Å². The van der Waals surface area contributed by atoms with E-state index in [0.717, 1.165) is 16.8 Å². The summed E-state index contributed by atoms with van der Waals surface area (Å²) in [7, 11) is 0. The monoisotopic (exact) mass is 257 g/mol. The van der Waals surface area contributed by atoms with E-state index < -0.39 is 4.92 Å². The van der Waals surface area contributed by atoms with E-state index in [9.17, 15) is 10.1 Å². The number of nitrogens with one attached hydrogen (secondary N) is 1. The number of hydrogen-bond acceptors (Lipinski definition) is 4. The number of non-ortho nitro benzene ring substituents is 1. The Labute approximate surface area is 111 Å². The van der Waals surface area contributed by atoms with Gasteiger partial charge in [0.1, 0.15) is 0 Å². The van der Waals surface area contributed by atoms with E-state index >= 15 is 0 Å². The molecule has 2 aromatic rings. The standard InChI is InChI=1S/C14H15N3O2/c1-9-3-4-10(2)14(7-9)16-13-6-5-11(17(18)19)8-12(13)15/h3-8,16H,15H2,1-2H3. The number of benzene rings is 2. The summed E-state index contributed by atoms with van der Waals surface area (Å²) in [6, 6.07) is 10.5. The average Bonchev–Trinajstić information content (AvgIpc) is 2.36. The number of nitro benzene ring substituents is 1. The SMILES string of the molecule is Cc1ccc(C)c(Nc2ccc([N+](=O)[O-])cc2N)c1. The van der Waals surface area contributed by atoms with Crippen LogP contribution in [0.2, 0.25) is 0 Å². The predicted octanol–water partition coefficient (Wildman–Crippen LogP) is 3.54. The maximum Gasteiger partial charge on any atom is 0.271 e. The van der Waals surface area contributed by atoms with Gasteiger partial charge in [-0.25, -0.2) is 0 Å². The Bertz CT molecular complexity index is 639. The highest BCUT2D eigenvalue weighted by Gasteiger charge is 2.09. The Morgan fingerprint density at radius 1 is 1.11 bits per heavy atom. The predicted molar refractivity (Wildman–Crippen MR) is 76.7 cm³/mol. The van der Waals surface area contributed by atoms with Gasteiger partial charge in [0.05, 0.1) is 16.3 Å². The van der Waals surface area contributed by atoms with Crippen LogP contribution in [0.15, 0.2) is 36.4 Å². The molecule has 0 saturated carbocycles. The highest BCUT2D eigenvalue weighted by atomic mass is 16.6. The number of rotatable bonds is 3. The van der Waals surface area contributed by atoms with Crippen molar-refractivity contribution in [1.29, 1.82) is 0 Å². The fourth-order valence-electron chi connectivity index (χ4n) is 1.79. The molecule has 0 radical (unpaired) electrons. The molecule has 3 N–H and O–H groups in total. The quantitative estimate of drug-likeness (QED) is 0.500. The van der Waals surface area contributed by atoms with E-state index in [-0.39, 0.29) is 5.69 Å². The molecule has 2 aromatic carbocycles. The molecule has 2 rings (SSSR count). The summed E-state index contributed by atoms with van der Waals surface area (Å²) in [5.74, 6) is 0. The van der Waals surface area contributed by atoms with Crippen molar-refractivity contribution in [3.8, 4) is 0 Å². The van der Waals surface area contributed by atoms with Gasteiger partial charge in [-0.1, -0.05) is 12.1 Å². The fraction of sp³-hybridized carbons (Fsp3) is 0.143. The van der Waals surface area contributed by atoms with Crippen molar-refractivity contribution in [3.63, 3.8) is 0 Å². The van der Waals surface area contributed by atoms with Gasteiger partial charge in [-0.05, 0) is 37.1 Å². The minimum Gasteiger partial charge on any atom is -0.397 e. The van der Waals surface area contributed by atoms with Crippen LogP contribution < -0.4 is 11.1 Å². The van der Waals surface area contributed by atoms with Crippen molar-refractivity contribution in [2.75, 3.05) is 11.1 Å². The van der Waals surface area contributed by atoms with E-state index in [2.05, 4.69) is 5.32 Å². The molecule has 5 nitrogen and oxygen atoms in total. The van der Waals surface area contributed by atoms with Crippen molar-refractivity contribution in [1.82, 2.24) is 0 Å². The van der Waals surface area contributed by atoms with Gasteiger partial charge < -0.3 is 11.1 Å². The van der Waals surface area contributed by atoms with Gasteiger partial charge >= 0.3 is 0 Å². The van der Waals surface area contributed by atoms with E-state index in [4.69, 9.17) is 5.73 Å². The first-order valence-electron chi connectivity index (χ1n) is 5.85. The number of anilines is 3. The van der Waals surface area contributed by atoms with Crippen LogP contribution in [-0.4, -0.2) is 4.92 Å². The number of aryl methyl sites for hydroxylation is 2. The van der Waals surface area contributed by atoms with Gasteiger partial charge in [-0.2, -0.15) is 0 Å². The topological polar surface area (TPSA) is 81.2 Å². The zero-order valence-electron chi connectivity index (χ0n) is 10.8. The lowest BCUT2D eigenvalue weighted by molar-refractivity contribution is -0.384. The molecule has 98 valence electrons. The molecule has 0 saturated heterocycles. The lowest BCUT2D eigenvalue weighted by Crippen LogP contribution is -1.99. The summed E-state index contributed by atoms with van der Waals surface area (Å²) in [6.45, 7) is 3.99. The molecule has 0 aliphatic carbocycles. The molecular formula is C14H15N3O2. The maximum atomic E-state index is 10.7. The van der Waals surface area contributed by atoms with Crippen LogP contribution in [0.5, 0.6) is 0 Å². The first-order valence-corrected chi connectivity index (χ1v) is 5.85. The van der Waals surface area contributed by atoms with E-state index in [1.165, 1.54) is 12.1 Å². The Hall–Kier alpha value is -2.56. The number of nitrogens with two attached hydrogens (primary N) is 1. The third-order valence-corrected chi connectivity index (χ3v) is 2.91. The van der Waals surface area contributed by atoms with Crippen LogP contribution in [0, 0.1) is 24.0 Å². The lowest BCUT2D eigenvalue weighted by Gasteiger charge is -2.12. The molecule has 0 heterocycles. The van der Waals surface area contributed by atoms with Gasteiger partial charge in [0.25, 0.3) is 5.69 Å². The average molecular weight is 257 g/mol. The molecule has 19 heavy (non-hydrogen) atoms. The highest BCUT2D eigenvalue weighted by molar-refractivity contribution is 5.76. The second-order valence-electron chi connectivity index (χ2n) is 4.47. The third kappa shape index (κ3) is 2.82. The molecule has 0 aliphatic rings. The van der Waals surface area contributed by atoms with Crippen LogP contribution >= 0.6 is 0 Å². The Kier molecular flexibility index (Phi) is 3.37. The fourth-order valence-corrected chi connectivity index (χ4v) is 1.79. The first kappa shape index (κ1) is 12.9. The lowest BCUT2D eigenvalue weighted by atomic mass is 10.1. The number of nitrogens with zero attached hydrogens (tertiary/aromatic N) is 1. The van der Waals surface area contributed by atoms with Crippen LogP contribution in [0.25, 0.3) is 0 Å². The van der Waals surface area contributed by atoms with Crippen molar-refractivity contribution >= 4 is 22.7 Å². The molecule has 0 spiro atoms. The normalized spacial score (nSPS) is 10.2. The maximum absolute atomic E-state index is 10.7. The zero-order chi connectivity index (χ0) is 14.0. The van der Waals surface area contributed by atoms with Gasteiger partial charge in [0, 0.05) is 17.8 Å². The third-order valence-electron chi connectivity index (χ3n) is 2.91. The Morgan fingerprint density at radius 2 is 1.84 bits per heavy atom. The molecule has 0 fully saturated rings. The largest absolute Gasteiger partial charge is 0.397 e. The zero-order valence-corrected chi connectivity index (χ0v) is 10.8. The van der Waals surface area contributed by atoms with Crippen molar-refractivity contribution in [2.45, 2.75) is 13.8 Å². The molecule has 0 bridgehead atoms. The molecule has 5 heteroatoms. The summed E-state index contributed by atoms with van der Waals surface area (Å²) in [4.78, 5) is 10.2. The molecule has 0 aromatic heterocycles. The minimum atomic E-state index is -0.460. The summed E-state index contributed by atoms with van der Waals surface area (Å²) in [5.41, 5.74) is 10.0. The molecule has 0 unspecified atom stereocenters. The van der Waals surface area contributed by atoms with E-state index in [1.54, 1.807) is 6.07 Å². The summed E-state index contributed by atoms with van der Waals surface area (Å²) < 4.78 is 0. The van der Waals surface area contributed by atoms with Crippen LogP contribution in [0.1, 0.15) is 11.1 Å². The van der Waals surface area contributed by atoms with E-state index in [0.29, 0.717) is 11.4 Å². The number of nitrogen functional groups attached to an aromatic ring is 1. The second-order valence-corrected chi connectivity index (χ2v) is 4.47. The molecule has 0 amide bonds. The Balaban J connectivity index is 2.33. The molecule has 0 atom stereocenters. The Morgan fingerprint density at radius 3 is 2.47 bits per heavy atom. The molecular weight excluding hydrogens is 242 g/mol. The van der Waals surface area contributed by atoms with Gasteiger partial charge in [-0.15, -0.1) is 0 Å².